The molecule has 0 bridgehead atoms. The van der Waals surface area contributed by atoms with Gasteiger partial charge in [0.15, 0.2) is 0 Å². The maximum Gasteiger partial charge on any atom is 0.410 e. The predicted octanol–water partition coefficient (Wildman–Crippen LogP) is 1.14. The number of nitrogens with zero attached hydrogens (tertiary/aromatic N) is 4. The zero-order valence-corrected chi connectivity index (χ0v) is 10.7. The molecule has 2 rings (SSSR count). The molecule has 0 saturated carbocycles. The largest absolute Gasteiger partial charge is 0.447 e. The van der Waals surface area contributed by atoms with Crippen LogP contribution in [-0.2, 0) is 4.74 Å². The number of hydrogen-bond acceptors (Lipinski definition) is 5. The van der Waals surface area contributed by atoms with E-state index in [2.05, 4.69) is 14.9 Å². The summed E-state index contributed by atoms with van der Waals surface area (Å²) in [6.45, 7) is 6.46. The molecule has 6 heteroatoms. The Morgan fingerprint density at radius 3 is 2.39 bits per heavy atom. The number of rotatable bonds is 2. The average Bonchev–Trinajstić information content (AvgIpc) is 2.39. The lowest BCUT2D eigenvalue weighted by atomic mass is 10.3. The van der Waals surface area contributed by atoms with Crippen molar-refractivity contribution < 1.29 is 9.53 Å². The van der Waals surface area contributed by atoms with E-state index in [0.717, 1.165) is 19.0 Å². The number of anilines is 1. The van der Waals surface area contributed by atoms with Crippen molar-refractivity contribution in [3.63, 3.8) is 0 Å². The topological polar surface area (TPSA) is 58.6 Å². The molecular weight excluding hydrogens is 232 g/mol. The van der Waals surface area contributed by atoms with Gasteiger partial charge in [0.25, 0.3) is 0 Å². The molecule has 1 saturated heterocycles. The van der Waals surface area contributed by atoms with E-state index in [0.29, 0.717) is 13.1 Å². The number of aromatic nitrogens is 2. The highest BCUT2D eigenvalue weighted by atomic mass is 16.6. The van der Waals surface area contributed by atoms with Gasteiger partial charge in [-0.1, -0.05) is 0 Å². The van der Waals surface area contributed by atoms with Crippen LogP contribution in [0.3, 0.4) is 0 Å². The van der Waals surface area contributed by atoms with Crippen LogP contribution in [0.5, 0.6) is 0 Å². The quantitative estimate of drug-likeness (QED) is 0.788. The molecule has 0 atom stereocenters. The van der Waals surface area contributed by atoms with Gasteiger partial charge in [-0.25, -0.2) is 14.8 Å². The third-order valence-corrected chi connectivity index (χ3v) is 2.71. The summed E-state index contributed by atoms with van der Waals surface area (Å²) in [4.78, 5) is 23.9. The van der Waals surface area contributed by atoms with Crippen LogP contribution in [-0.4, -0.2) is 53.2 Å². The number of carbonyl (C=O) groups is 1. The maximum atomic E-state index is 11.7. The monoisotopic (exact) mass is 250 g/mol. The Hall–Kier alpha value is -1.85. The van der Waals surface area contributed by atoms with Gasteiger partial charge >= 0.3 is 6.09 Å². The second-order valence-electron chi connectivity index (χ2n) is 4.46. The van der Waals surface area contributed by atoms with Crippen LogP contribution in [0.25, 0.3) is 0 Å². The van der Waals surface area contributed by atoms with Gasteiger partial charge in [-0.2, -0.15) is 0 Å². The highest BCUT2D eigenvalue weighted by molar-refractivity contribution is 5.68. The summed E-state index contributed by atoms with van der Waals surface area (Å²) in [6.07, 6.45) is 3.13. The van der Waals surface area contributed by atoms with E-state index in [-0.39, 0.29) is 12.2 Å². The number of carbonyl (C=O) groups excluding carboxylic acids is 1. The second-order valence-corrected chi connectivity index (χ2v) is 4.46. The summed E-state index contributed by atoms with van der Waals surface area (Å²) < 4.78 is 5.17. The van der Waals surface area contributed by atoms with Crippen molar-refractivity contribution in [1.82, 2.24) is 14.9 Å². The van der Waals surface area contributed by atoms with Crippen molar-refractivity contribution in [1.29, 1.82) is 0 Å². The maximum absolute atomic E-state index is 11.7. The van der Waals surface area contributed by atoms with Crippen molar-refractivity contribution in [2.24, 2.45) is 0 Å². The van der Waals surface area contributed by atoms with E-state index >= 15 is 0 Å². The van der Waals surface area contributed by atoms with Gasteiger partial charge in [0.05, 0.1) is 6.10 Å². The summed E-state index contributed by atoms with van der Waals surface area (Å²) >= 11 is 0. The highest BCUT2D eigenvalue weighted by Gasteiger charge is 2.23. The molecule has 1 aromatic heterocycles. The second kappa shape index (κ2) is 5.66. The molecule has 0 N–H and O–H groups in total. The normalized spacial score (nSPS) is 15.9. The first-order valence-corrected chi connectivity index (χ1v) is 6.14. The number of ether oxygens (including phenoxy) is 1. The van der Waals surface area contributed by atoms with E-state index in [1.54, 1.807) is 23.4 Å². The summed E-state index contributed by atoms with van der Waals surface area (Å²) in [6, 6.07) is 1.79. The van der Waals surface area contributed by atoms with Crippen molar-refractivity contribution in [2.75, 3.05) is 31.1 Å². The molecule has 6 nitrogen and oxygen atoms in total. The van der Waals surface area contributed by atoms with E-state index in [1.807, 2.05) is 13.8 Å². The molecule has 1 fully saturated rings. The smallest absolute Gasteiger partial charge is 0.410 e. The molecule has 0 radical (unpaired) electrons. The van der Waals surface area contributed by atoms with Crippen LogP contribution in [0.4, 0.5) is 10.7 Å². The molecule has 0 aromatic carbocycles. The van der Waals surface area contributed by atoms with Crippen LogP contribution < -0.4 is 4.90 Å². The first-order chi connectivity index (χ1) is 8.66. The summed E-state index contributed by atoms with van der Waals surface area (Å²) in [7, 11) is 0. The minimum absolute atomic E-state index is 0.0759. The lowest BCUT2D eigenvalue weighted by Gasteiger charge is -2.34. The van der Waals surface area contributed by atoms with Gasteiger partial charge in [0.2, 0.25) is 5.95 Å². The van der Waals surface area contributed by atoms with Gasteiger partial charge in [0.1, 0.15) is 0 Å². The molecule has 1 aliphatic heterocycles. The summed E-state index contributed by atoms with van der Waals surface area (Å²) in [5.74, 6) is 0.717. The van der Waals surface area contributed by atoms with Crippen molar-refractivity contribution in [2.45, 2.75) is 20.0 Å². The fraction of sp³-hybridized carbons (Fsp3) is 0.583. The predicted molar refractivity (Wildman–Crippen MR) is 67.4 cm³/mol. The highest BCUT2D eigenvalue weighted by Crippen LogP contribution is 2.10. The Labute approximate surface area is 107 Å². The van der Waals surface area contributed by atoms with E-state index in [1.165, 1.54) is 0 Å². The van der Waals surface area contributed by atoms with Gasteiger partial charge in [-0.05, 0) is 19.9 Å². The minimum atomic E-state index is -0.237. The van der Waals surface area contributed by atoms with Crippen LogP contribution in [0.1, 0.15) is 13.8 Å². The van der Waals surface area contributed by atoms with Gasteiger partial charge in [-0.15, -0.1) is 0 Å². The standard InChI is InChI=1S/C12H18N4O2/c1-10(2)18-12(17)16-8-6-15(7-9-16)11-13-4-3-5-14-11/h3-5,10H,6-9H2,1-2H3. The Morgan fingerprint density at radius 2 is 1.83 bits per heavy atom. The fourth-order valence-corrected chi connectivity index (χ4v) is 1.82. The number of amides is 1. The van der Waals surface area contributed by atoms with Gasteiger partial charge < -0.3 is 14.5 Å². The molecular formula is C12H18N4O2. The molecule has 0 aliphatic carbocycles. The lowest BCUT2D eigenvalue weighted by molar-refractivity contribution is 0.0750. The number of hydrogen-bond donors (Lipinski definition) is 0. The first-order valence-electron chi connectivity index (χ1n) is 6.14. The fourth-order valence-electron chi connectivity index (χ4n) is 1.82. The Kier molecular flexibility index (Phi) is 3.96. The van der Waals surface area contributed by atoms with E-state index < -0.39 is 0 Å². The van der Waals surface area contributed by atoms with Crippen molar-refractivity contribution >= 4 is 12.0 Å². The summed E-state index contributed by atoms with van der Waals surface area (Å²) in [5, 5.41) is 0. The zero-order valence-electron chi connectivity index (χ0n) is 10.7. The van der Waals surface area contributed by atoms with Crippen molar-refractivity contribution in [3.05, 3.63) is 18.5 Å². The van der Waals surface area contributed by atoms with E-state index in [9.17, 15) is 4.79 Å². The Morgan fingerprint density at radius 1 is 1.22 bits per heavy atom. The van der Waals surface area contributed by atoms with Crippen molar-refractivity contribution in [3.8, 4) is 0 Å². The third-order valence-electron chi connectivity index (χ3n) is 2.71. The molecule has 2 heterocycles. The molecule has 98 valence electrons. The minimum Gasteiger partial charge on any atom is -0.447 e. The average molecular weight is 250 g/mol. The molecule has 18 heavy (non-hydrogen) atoms. The number of piperazine rings is 1. The zero-order chi connectivity index (χ0) is 13.0. The molecule has 1 aliphatic rings. The Bertz CT molecular complexity index is 388. The van der Waals surface area contributed by atoms with Crippen LogP contribution in [0, 0.1) is 0 Å². The van der Waals surface area contributed by atoms with Crippen LogP contribution in [0.2, 0.25) is 0 Å². The van der Waals surface area contributed by atoms with E-state index in [4.69, 9.17) is 4.74 Å². The van der Waals surface area contributed by atoms with Crippen LogP contribution in [0.15, 0.2) is 18.5 Å². The first kappa shape index (κ1) is 12.6. The van der Waals surface area contributed by atoms with Gasteiger partial charge in [-0.3, -0.25) is 0 Å². The molecule has 1 aromatic rings. The van der Waals surface area contributed by atoms with Crippen LogP contribution >= 0.6 is 0 Å². The summed E-state index contributed by atoms with van der Waals surface area (Å²) in [5.41, 5.74) is 0. The van der Waals surface area contributed by atoms with Gasteiger partial charge in [0, 0.05) is 38.6 Å². The third kappa shape index (κ3) is 3.09. The SMILES string of the molecule is CC(C)OC(=O)N1CCN(c2ncccn2)CC1. The molecule has 0 spiro atoms. The molecule has 1 amide bonds. The molecule has 0 unspecified atom stereocenters. The Balaban J connectivity index is 1.87. The lowest BCUT2D eigenvalue weighted by Crippen LogP contribution is -2.49.